The van der Waals surface area contributed by atoms with E-state index in [9.17, 15) is 8.42 Å². The van der Waals surface area contributed by atoms with Crippen molar-refractivity contribution in [2.75, 3.05) is 12.8 Å². The summed E-state index contributed by atoms with van der Waals surface area (Å²) in [4.78, 5) is 1.36. The normalized spacial score (nSPS) is 13.5. The molecule has 4 nitrogen and oxygen atoms in total. The Labute approximate surface area is 137 Å². The molecule has 114 valence electrons. The van der Waals surface area contributed by atoms with E-state index < -0.39 is 10.0 Å². The van der Waals surface area contributed by atoms with E-state index in [1.54, 1.807) is 30.5 Å². The summed E-state index contributed by atoms with van der Waals surface area (Å²) >= 11 is 4.91. The van der Waals surface area contributed by atoms with Gasteiger partial charge in [-0.25, -0.2) is 8.42 Å². The van der Waals surface area contributed by atoms with Gasteiger partial charge >= 0.3 is 0 Å². The van der Waals surface area contributed by atoms with Crippen molar-refractivity contribution < 1.29 is 8.42 Å². The second-order valence-corrected chi connectivity index (χ2v) is 8.70. The number of nitrogens with zero attached hydrogens (tertiary/aromatic N) is 1. The first kappa shape index (κ1) is 16.5. The monoisotopic (exact) mass is 388 g/mol. The van der Waals surface area contributed by atoms with Gasteiger partial charge in [0, 0.05) is 28.1 Å². The minimum absolute atomic E-state index is 0.137. The number of nitrogen functional groups attached to an aromatic ring is 1. The maximum Gasteiger partial charge on any atom is 0.244 e. The van der Waals surface area contributed by atoms with Gasteiger partial charge < -0.3 is 5.73 Å². The third-order valence-corrected chi connectivity index (χ3v) is 7.17. The highest BCUT2D eigenvalue weighted by atomic mass is 79.9. The Morgan fingerprint density at radius 1 is 1.38 bits per heavy atom. The molecule has 2 N–H and O–H groups in total. The first-order valence-electron chi connectivity index (χ1n) is 6.38. The SMILES string of the molecule is CC(Cc1cccs1)N(C)S(=O)(=O)c1cc(N)ccc1Br. The second-order valence-electron chi connectivity index (χ2n) is 4.84. The molecule has 0 amide bonds. The second kappa shape index (κ2) is 6.48. The summed E-state index contributed by atoms with van der Waals surface area (Å²) in [6.45, 7) is 1.90. The zero-order chi connectivity index (χ0) is 15.6. The third kappa shape index (κ3) is 3.66. The Balaban J connectivity index is 2.27. The van der Waals surface area contributed by atoms with Crippen molar-refractivity contribution in [3.8, 4) is 0 Å². The maximum absolute atomic E-state index is 12.7. The molecule has 0 spiro atoms. The van der Waals surface area contributed by atoms with E-state index in [1.807, 2.05) is 24.4 Å². The Kier molecular flexibility index (Phi) is 5.08. The van der Waals surface area contributed by atoms with Crippen LogP contribution < -0.4 is 5.73 Å². The van der Waals surface area contributed by atoms with Crippen molar-refractivity contribution in [2.45, 2.75) is 24.3 Å². The molecule has 2 aromatic rings. The summed E-state index contributed by atoms with van der Waals surface area (Å²) < 4.78 is 27.4. The van der Waals surface area contributed by atoms with Crippen LogP contribution in [0.2, 0.25) is 0 Å². The fourth-order valence-corrected chi connectivity index (χ4v) is 5.10. The summed E-state index contributed by atoms with van der Waals surface area (Å²) in [6.07, 6.45) is 0.688. The van der Waals surface area contributed by atoms with Crippen LogP contribution in [-0.4, -0.2) is 25.8 Å². The molecule has 1 unspecified atom stereocenters. The van der Waals surface area contributed by atoms with Crippen LogP contribution in [0.25, 0.3) is 0 Å². The first-order chi connectivity index (χ1) is 9.82. The molecular weight excluding hydrogens is 372 g/mol. The lowest BCUT2D eigenvalue weighted by atomic mass is 10.2. The van der Waals surface area contributed by atoms with Crippen LogP contribution in [0.5, 0.6) is 0 Å². The number of anilines is 1. The van der Waals surface area contributed by atoms with E-state index in [-0.39, 0.29) is 10.9 Å². The van der Waals surface area contributed by atoms with Gasteiger partial charge in [-0.2, -0.15) is 4.31 Å². The number of hydrogen-bond acceptors (Lipinski definition) is 4. The maximum atomic E-state index is 12.7. The Bertz CT molecular complexity index is 715. The molecule has 0 fully saturated rings. The molecular formula is C14H17BrN2O2S2. The fourth-order valence-electron chi connectivity index (χ4n) is 1.96. The lowest BCUT2D eigenvalue weighted by Crippen LogP contribution is -2.36. The molecule has 2 rings (SSSR count). The fraction of sp³-hybridized carbons (Fsp3) is 0.286. The van der Waals surface area contributed by atoms with Gasteiger partial charge in [-0.15, -0.1) is 11.3 Å². The lowest BCUT2D eigenvalue weighted by molar-refractivity contribution is 0.388. The average molecular weight is 389 g/mol. The van der Waals surface area contributed by atoms with Gasteiger partial charge in [0.05, 0.1) is 4.90 Å². The molecule has 1 aromatic heterocycles. The van der Waals surface area contributed by atoms with Crippen LogP contribution in [0.15, 0.2) is 45.1 Å². The van der Waals surface area contributed by atoms with E-state index in [4.69, 9.17) is 5.73 Å². The summed E-state index contributed by atoms with van der Waals surface area (Å²) in [5.41, 5.74) is 6.13. The highest BCUT2D eigenvalue weighted by molar-refractivity contribution is 9.10. The van der Waals surface area contributed by atoms with Crippen molar-refractivity contribution in [3.05, 3.63) is 45.1 Å². The minimum atomic E-state index is -3.58. The van der Waals surface area contributed by atoms with Crippen molar-refractivity contribution in [1.29, 1.82) is 0 Å². The van der Waals surface area contributed by atoms with Crippen LogP contribution >= 0.6 is 27.3 Å². The number of sulfonamides is 1. The Morgan fingerprint density at radius 2 is 2.10 bits per heavy atom. The number of halogens is 1. The van der Waals surface area contributed by atoms with Gasteiger partial charge in [0.15, 0.2) is 0 Å². The zero-order valence-electron chi connectivity index (χ0n) is 11.8. The zero-order valence-corrected chi connectivity index (χ0v) is 15.0. The standard InChI is InChI=1S/C14H17BrN2O2S2/c1-10(8-12-4-3-7-20-12)17(2)21(18,19)14-9-11(16)5-6-13(14)15/h3-7,9-10H,8,16H2,1-2H3. The first-order valence-corrected chi connectivity index (χ1v) is 9.49. The summed E-state index contributed by atoms with van der Waals surface area (Å²) in [5, 5.41) is 1.99. The molecule has 7 heteroatoms. The molecule has 21 heavy (non-hydrogen) atoms. The summed E-state index contributed by atoms with van der Waals surface area (Å²) in [5.74, 6) is 0. The smallest absolute Gasteiger partial charge is 0.244 e. The van der Waals surface area contributed by atoms with Crippen LogP contribution in [0.1, 0.15) is 11.8 Å². The number of hydrogen-bond donors (Lipinski definition) is 1. The van der Waals surface area contributed by atoms with Crippen molar-refractivity contribution >= 4 is 43.0 Å². The van der Waals surface area contributed by atoms with Gasteiger partial charge in [-0.05, 0) is 58.9 Å². The molecule has 0 aliphatic rings. The molecule has 0 aliphatic carbocycles. The van der Waals surface area contributed by atoms with E-state index in [0.717, 1.165) is 4.88 Å². The summed E-state index contributed by atoms with van der Waals surface area (Å²) in [7, 11) is -1.98. The van der Waals surface area contributed by atoms with Gasteiger partial charge in [0.2, 0.25) is 10.0 Å². The van der Waals surface area contributed by atoms with E-state index in [1.165, 1.54) is 10.4 Å². The van der Waals surface area contributed by atoms with Crippen LogP contribution in [0.4, 0.5) is 5.69 Å². The van der Waals surface area contributed by atoms with Crippen LogP contribution in [-0.2, 0) is 16.4 Å². The molecule has 0 aliphatic heterocycles. The molecule has 0 saturated carbocycles. The Morgan fingerprint density at radius 3 is 2.71 bits per heavy atom. The third-order valence-electron chi connectivity index (χ3n) is 3.31. The molecule has 1 atom stereocenters. The van der Waals surface area contributed by atoms with Crippen LogP contribution in [0, 0.1) is 0 Å². The number of thiophene rings is 1. The van der Waals surface area contributed by atoms with Gasteiger partial charge in [0.1, 0.15) is 0 Å². The van der Waals surface area contributed by atoms with E-state index in [2.05, 4.69) is 15.9 Å². The number of likely N-dealkylation sites (N-methyl/N-ethyl adjacent to an activating group) is 1. The Hall–Kier alpha value is -0.890. The molecule has 0 saturated heterocycles. The van der Waals surface area contributed by atoms with E-state index in [0.29, 0.717) is 16.6 Å². The predicted molar refractivity (Wildman–Crippen MR) is 91.0 cm³/mol. The minimum Gasteiger partial charge on any atom is -0.399 e. The van der Waals surface area contributed by atoms with Crippen molar-refractivity contribution in [3.63, 3.8) is 0 Å². The largest absolute Gasteiger partial charge is 0.399 e. The predicted octanol–water partition coefficient (Wildman–Crippen LogP) is 3.34. The number of nitrogens with two attached hydrogens (primary N) is 1. The molecule has 1 aromatic carbocycles. The number of rotatable bonds is 5. The highest BCUT2D eigenvalue weighted by Gasteiger charge is 2.27. The van der Waals surface area contributed by atoms with Gasteiger partial charge in [-0.1, -0.05) is 6.07 Å². The topological polar surface area (TPSA) is 63.4 Å². The molecule has 0 radical (unpaired) electrons. The van der Waals surface area contributed by atoms with Crippen molar-refractivity contribution in [1.82, 2.24) is 4.31 Å². The average Bonchev–Trinajstić information content (AvgIpc) is 2.93. The quantitative estimate of drug-likeness (QED) is 0.798. The molecule has 1 heterocycles. The van der Waals surface area contributed by atoms with Crippen LogP contribution in [0.3, 0.4) is 0 Å². The van der Waals surface area contributed by atoms with Gasteiger partial charge in [-0.3, -0.25) is 0 Å². The summed E-state index contributed by atoms with van der Waals surface area (Å²) in [6, 6.07) is 8.64. The van der Waals surface area contributed by atoms with Crippen molar-refractivity contribution in [2.24, 2.45) is 0 Å². The van der Waals surface area contributed by atoms with E-state index >= 15 is 0 Å². The highest BCUT2D eigenvalue weighted by Crippen LogP contribution is 2.28. The lowest BCUT2D eigenvalue weighted by Gasteiger charge is -2.24. The molecule has 0 bridgehead atoms. The van der Waals surface area contributed by atoms with Gasteiger partial charge in [0.25, 0.3) is 0 Å². The number of benzene rings is 1.